The second-order valence-corrected chi connectivity index (χ2v) is 9.73. The Balaban J connectivity index is 1.25. The second-order valence-electron chi connectivity index (χ2n) is 9.73. The molecule has 0 spiro atoms. The Morgan fingerprint density at radius 3 is 2.58 bits per heavy atom. The van der Waals surface area contributed by atoms with Gasteiger partial charge in [-0.3, -0.25) is 4.79 Å². The van der Waals surface area contributed by atoms with Crippen LogP contribution in [-0.2, 0) is 12.5 Å². The molecular weight excluding hydrogens is 493 g/mol. The van der Waals surface area contributed by atoms with E-state index in [0.29, 0.717) is 35.2 Å². The van der Waals surface area contributed by atoms with E-state index in [9.17, 15) is 9.18 Å². The van der Waals surface area contributed by atoms with Gasteiger partial charge < -0.3 is 14.6 Å². The molecule has 6 rings (SSSR count). The number of pyridine rings is 1. The summed E-state index contributed by atoms with van der Waals surface area (Å²) >= 11 is 0. The molecule has 1 aliphatic heterocycles. The highest BCUT2D eigenvalue weighted by atomic mass is 19.3. The average Bonchev–Trinajstić information content (AvgIpc) is 3.16. The number of nitrogens with zero attached hydrogens (tertiary/aromatic N) is 3. The number of rotatable bonds is 6. The average molecular weight is 519 g/mol. The van der Waals surface area contributed by atoms with Gasteiger partial charge in [-0.25, -0.2) is 14.4 Å². The van der Waals surface area contributed by atoms with E-state index in [1.807, 2.05) is 6.07 Å². The molecule has 2 aliphatic rings. The first-order chi connectivity index (χ1) is 18.4. The highest BCUT2D eigenvalue weighted by molar-refractivity contribution is 5.78. The minimum atomic E-state index is -3.43. The summed E-state index contributed by atoms with van der Waals surface area (Å²) in [6.07, 6.45) is 5.41. The van der Waals surface area contributed by atoms with Crippen LogP contribution in [0.15, 0.2) is 71.8 Å². The molecule has 3 heterocycles. The summed E-state index contributed by atoms with van der Waals surface area (Å²) < 4.78 is 51.7. The molecule has 1 N–H and O–H groups in total. The van der Waals surface area contributed by atoms with Crippen molar-refractivity contribution in [3.05, 3.63) is 100.0 Å². The number of hydrogen-bond acceptors (Lipinski definition) is 5. The topological polar surface area (TPSA) is 69.0 Å². The summed E-state index contributed by atoms with van der Waals surface area (Å²) in [5.74, 6) is -2.48. The molecule has 38 heavy (non-hydrogen) atoms. The molecule has 0 unspecified atom stereocenters. The molecule has 1 fully saturated rings. The van der Waals surface area contributed by atoms with Crippen molar-refractivity contribution in [2.45, 2.75) is 25.3 Å². The maximum absolute atomic E-state index is 15.5. The summed E-state index contributed by atoms with van der Waals surface area (Å²) in [5, 5.41) is 3.33. The zero-order valence-corrected chi connectivity index (χ0v) is 20.5. The second kappa shape index (κ2) is 9.72. The molecule has 0 atom stereocenters. The van der Waals surface area contributed by atoms with Gasteiger partial charge in [0.25, 0.3) is 5.56 Å². The lowest BCUT2D eigenvalue weighted by Crippen LogP contribution is -2.30. The predicted molar refractivity (Wildman–Crippen MR) is 137 cm³/mol. The van der Waals surface area contributed by atoms with E-state index < -0.39 is 23.0 Å². The van der Waals surface area contributed by atoms with Gasteiger partial charge in [-0.15, -0.1) is 0 Å². The van der Waals surface area contributed by atoms with Crippen LogP contribution in [0.2, 0.25) is 0 Å². The number of hydrogen-bond donors (Lipinski definition) is 1. The molecule has 0 bridgehead atoms. The van der Waals surface area contributed by atoms with Crippen molar-refractivity contribution in [3.63, 3.8) is 0 Å². The quantitative estimate of drug-likeness (QED) is 0.390. The van der Waals surface area contributed by atoms with Crippen LogP contribution in [0.3, 0.4) is 0 Å². The molecule has 6 nitrogen and oxygen atoms in total. The first kappa shape index (κ1) is 24.4. The molecule has 194 valence electrons. The number of ether oxygens (including phenoxy) is 1. The highest BCUT2D eigenvalue weighted by Gasteiger charge is 2.47. The Kier molecular flexibility index (Phi) is 6.23. The van der Waals surface area contributed by atoms with Crippen LogP contribution >= 0.6 is 0 Å². The minimum absolute atomic E-state index is 0.0840. The lowest BCUT2D eigenvalue weighted by molar-refractivity contribution is 0.0387. The smallest absolute Gasteiger partial charge is 0.314 e. The molecule has 2 aromatic heterocycles. The fraction of sp³-hybridized carbons (Fsp3) is 0.276. The third-order valence-corrected chi connectivity index (χ3v) is 7.19. The monoisotopic (exact) mass is 518 g/mol. The molecule has 9 heteroatoms. The van der Waals surface area contributed by atoms with Crippen molar-refractivity contribution >= 4 is 0 Å². The normalized spacial score (nSPS) is 16.2. The van der Waals surface area contributed by atoms with Gasteiger partial charge in [-0.1, -0.05) is 18.2 Å². The number of nitrogens with one attached hydrogen (secondary N) is 1. The molecule has 1 saturated heterocycles. The molecular formula is C29H25F3N4O2. The van der Waals surface area contributed by atoms with Crippen LogP contribution in [0, 0.1) is 11.7 Å². The van der Waals surface area contributed by atoms with Gasteiger partial charge in [0.2, 0.25) is 0 Å². The standard InChI is InChI=1S/C29H25F3N4O2/c30-21-4-6-25-24(13-21)23-5-7-26(37)36(27(23)29(25,31)32)16-19-2-1-3-20(12-19)28-34-14-22(15-35-28)38-17-18-8-10-33-11-9-18/h1-7,12-15,18,33H,8-11,16-17H2. The van der Waals surface area contributed by atoms with Gasteiger partial charge in [-0.05, 0) is 73.3 Å². The Bertz CT molecular complexity index is 1550. The van der Waals surface area contributed by atoms with Crippen LogP contribution in [0.1, 0.15) is 29.7 Å². The van der Waals surface area contributed by atoms with Gasteiger partial charge in [0.15, 0.2) is 11.6 Å². The molecule has 1 aliphatic carbocycles. The Labute approximate surface area is 217 Å². The van der Waals surface area contributed by atoms with Crippen molar-refractivity contribution < 1.29 is 17.9 Å². The van der Waals surface area contributed by atoms with Crippen LogP contribution in [0.5, 0.6) is 5.75 Å². The van der Waals surface area contributed by atoms with Gasteiger partial charge >= 0.3 is 5.92 Å². The fourth-order valence-corrected chi connectivity index (χ4v) is 5.23. The number of piperidine rings is 1. The van der Waals surface area contributed by atoms with Gasteiger partial charge in [0.05, 0.1) is 25.5 Å². The van der Waals surface area contributed by atoms with E-state index >= 15 is 8.78 Å². The fourth-order valence-electron chi connectivity index (χ4n) is 5.23. The van der Waals surface area contributed by atoms with Crippen LogP contribution in [0.25, 0.3) is 22.5 Å². The SMILES string of the molecule is O=c1ccc2c(n1Cc1cccc(-c3ncc(OCC4CCNCC4)cn3)c1)C(F)(F)c1ccc(F)cc1-2. The number of aromatic nitrogens is 3. The van der Waals surface area contributed by atoms with Gasteiger partial charge in [0.1, 0.15) is 11.5 Å². The van der Waals surface area contributed by atoms with Crippen molar-refractivity contribution in [1.82, 2.24) is 19.9 Å². The highest BCUT2D eigenvalue weighted by Crippen LogP contribution is 2.50. The van der Waals surface area contributed by atoms with Crippen molar-refractivity contribution in [2.75, 3.05) is 19.7 Å². The van der Waals surface area contributed by atoms with Crippen LogP contribution in [-0.4, -0.2) is 34.2 Å². The number of halogens is 3. The van der Waals surface area contributed by atoms with Gasteiger partial charge in [-0.2, -0.15) is 8.78 Å². The first-order valence-electron chi connectivity index (χ1n) is 12.6. The third-order valence-electron chi connectivity index (χ3n) is 7.19. The first-order valence-corrected chi connectivity index (χ1v) is 12.6. The van der Waals surface area contributed by atoms with Crippen molar-refractivity contribution in [2.24, 2.45) is 5.92 Å². The lowest BCUT2D eigenvalue weighted by atomic mass is 9.99. The van der Waals surface area contributed by atoms with Gasteiger partial charge in [0, 0.05) is 22.8 Å². The maximum atomic E-state index is 15.5. The largest absolute Gasteiger partial charge is 0.490 e. The number of benzene rings is 2. The van der Waals surface area contributed by atoms with Crippen molar-refractivity contribution in [1.29, 1.82) is 0 Å². The number of fused-ring (bicyclic) bond motifs is 3. The molecule has 0 saturated carbocycles. The zero-order chi connectivity index (χ0) is 26.3. The van der Waals surface area contributed by atoms with Crippen molar-refractivity contribution in [3.8, 4) is 28.3 Å². The molecule has 4 aromatic rings. The van der Waals surface area contributed by atoms with E-state index in [-0.39, 0.29) is 23.2 Å². The summed E-state index contributed by atoms with van der Waals surface area (Å²) in [7, 11) is 0. The number of alkyl halides is 2. The summed E-state index contributed by atoms with van der Waals surface area (Å²) in [6.45, 7) is 2.54. The van der Waals surface area contributed by atoms with Crippen LogP contribution in [0.4, 0.5) is 13.2 Å². The van der Waals surface area contributed by atoms with Crippen LogP contribution < -0.4 is 15.6 Å². The van der Waals surface area contributed by atoms with E-state index in [4.69, 9.17) is 4.74 Å². The molecule has 0 amide bonds. The minimum Gasteiger partial charge on any atom is -0.490 e. The summed E-state index contributed by atoms with van der Waals surface area (Å²) in [5.41, 5.74) is 0.275. The van der Waals surface area contributed by atoms with E-state index in [1.165, 1.54) is 12.1 Å². The Hall–Kier alpha value is -3.98. The molecule has 2 aromatic carbocycles. The third kappa shape index (κ3) is 4.47. The maximum Gasteiger partial charge on any atom is 0.314 e. The Morgan fingerprint density at radius 1 is 1.00 bits per heavy atom. The predicted octanol–water partition coefficient (Wildman–Crippen LogP) is 4.99. The van der Waals surface area contributed by atoms with E-state index in [1.54, 1.807) is 30.6 Å². The lowest BCUT2D eigenvalue weighted by Gasteiger charge is -2.22. The Morgan fingerprint density at radius 2 is 1.79 bits per heavy atom. The zero-order valence-electron chi connectivity index (χ0n) is 20.5. The summed E-state index contributed by atoms with van der Waals surface area (Å²) in [4.78, 5) is 21.6. The van der Waals surface area contributed by atoms with E-state index in [0.717, 1.165) is 48.7 Å². The van der Waals surface area contributed by atoms with E-state index in [2.05, 4.69) is 15.3 Å². The molecule has 0 radical (unpaired) electrons. The summed E-state index contributed by atoms with van der Waals surface area (Å²) in [6, 6.07) is 12.9.